The highest BCUT2D eigenvalue weighted by Crippen LogP contribution is 2.59. The van der Waals surface area contributed by atoms with Gasteiger partial charge < -0.3 is 14.7 Å². The van der Waals surface area contributed by atoms with E-state index in [2.05, 4.69) is 10.3 Å². The summed E-state index contributed by atoms with van der Waals surface area (Å²) in [6, 6.07) is 21.3. The zero-order valence-corrected chi connectivity index (χ0v) is 18.2. The predicted molar refractivity (Wildman–Crippen MR) is 121 cm³/mol. The van der Waals surface area contributed by atoms with Gasteiger partial charge in [-0.3, -0.25) is 9.55 Å². The van der Waals surface area contributed by atoms with E-state index in [4.69, 9.17) is 4.52 Å². The molecular formula is C23H28N3O2P. The molecule has 2 aromatic carbocycles. The lowest BCUT2D eigenvalue weighted by Gasteiger charge is -2.31. The quantitative estimate of drug-likeness (QED) is 0.513. The Morgan fingerprint density at radius 3 is 2.21 bits per heavy atom. The topological polar surface area (TPSA) is 54.5 Å². The molecule has 0 spiro atoms. The van der Waals surface area contributed by atoms with Gasteiger partial charge in [-0.2, -0.15) is 0 Å². The van der Waals surface area contributed by atoms with Gasteiger partial charge in [0, 0.05) is 48.7 Å². The minimum atomic E-state index is -3.35. The van der Waals surface area contributed by atoms with Crippen LogP contribution in [0.1, 0.15) is 25.2 Å². The summed E-state index contributed by atoms with van der Waals surface area (Å²) < 4.78 is 20.6. The highest BCUT2D eigenvalue weighted by molar-refractivity contribution is 7.67. The number of rotatable bonds is 8. The second-order valence-corrected chi connectivity index (χ2v) is 9.80. The summed E-state index contributed by atoms with van der Waals surface area (Å²) in [6.07, 6.45) is 3.25. The SMILES string of the molecule is CC(C)O[P@](=O)(c1ccc(N(C)C)cc1)[C@H](Nc1ccccc1)c1cccnc1. The molecule has 0 aliphatic carbocycles. The first-order valence-corrected chi connectivity index (χ1v) is 11.4. The van der Waals surface area contributed by atoms with E-state index in [0.717, 1.165) is 16.9 Å². The van der Waals surface area contributed by atoms with Crippen molar-refractivity contribution in [3.05, 3.63) is 84.7 Å². The van der Waals surface area contributed by atoms with Crippen molar-refractivity contribution < 1.29 is 9.09 Å². The van der Waals surface area contributed by atoms with Crippen LogP contribution >= 0.6 is 7.37 Å². The van der Waals surface area contributed by atoms with Crippen LogP contribution in [0.15, 0.2) is 79.1 Å². The molecule has 0 radical (unpaired) electrons. The van der Waals surface area contributed by atoms with E-state index in [9.17, 15) is 4.57 Å². The lowest BCUT2D eigenvalue weighted by Crippen LogP contribution is -2.23. The first-order valence-electron chi connectivity index (χ1n) is 9.68. The molecule has 1 N–H and O–H groups in total. The molecular weight excluding hydrogens is 381 g/mol. The fourth-order valence-electron chi connectivity index (χ4n) is 3.14. The van der Waals surface area contributed by atoms with Crippen molar-refractivity contribution in [2.24, 2.45) is 0 Å². The summed E-state index contributed by atoms with van der Waals surface area (Å²) in [7, 11) is 0.616. The Balaban J connectivity index is 2.11. The van der Waals surface area contributed by atoms with Crippen LogP contribution < -0.4 is 15.5 Å². The third-order valence-electron chi connectivity index (χ3n) is 4.51. The van der Waals surface area contributed by atoms with Crippen LogP contribution in [-0.4, -0.2) is 25.2 Å². The van der Waals surface area contributed by atoms with Crippen molar-refractivity contribution in [3.63, 3.8) is 0 Å². The molecule has 2 atom stereocenters. The molecule has 0 unspecified atom stereocenters. The molecule has 0 aliphatic heterocycles. The van der Waals surface area contributed by atoms with Gasteiger partial charge in [-0.05, 0) is 56.3 Å². The van der Waals surface area contributed by atoms with Crippen LogP contribution in [0.25, 0.3) is 0 Å². The summed E-state index contributed by atoms with van der Waals surface area (Å²) in [5, 5.41) is 4.11. The van der Waals surface area contributed by atoms with Crippen molar-refractivity contribution in [3.8, 4) is 0 Å². The van der Waals surface area contributed by atoms with Gasteiger partial charge in [-0.1, -0.05) is 24.3 Å². The molecule has 3 aromatic rings. The van der Waals surface area contributed by atoms with E-state index in [-0.39, 0.29) is 6.10 Å². The number of benzene rings is 2. The lowest BCUT2D eigenvalue weighted by molar-refractivity contribution is 0.245. The van der Waals surface area contributed by atoms with Gasteiger partial charge in [0.2, 0.25) is 0 Å². The smallest absolute Gasteiger partial charge is 0.258 e. The number of nitrogens with zero attached hydrogens (tertiary/aromatic N) is 2. The van der Waals surface area contributed by atoms with Crippen molar-refractivity contribution in [1.29, 1.82) is 0 Å². The van der Waals surface area contributed by atoms with Crippen LogP contribution in [-0.2, 0) is 9.09 Å². The van der Waals surface area contributed by atoms with E-state index in [1.165, 1.54) is 0 Å². The maximum atomic E-state index is 14.5. The van der Waals surface area contributed by atoms with Crippen LogP contribution in [0.3, 0.4) is 0 Å². The van der Waals surface area contributed by atoms with Crippen LogP contribution in [0.4, 0.5) is 11.4 Å². The third kappa shape index (κ3) is 5.06. The number of para-hydroxylation sites is 1. The zero-order valence-electron chi connectivity index (χ0n) is 17.3. The monoisotopic (exact) mass is 409 g/mol. The van der Waals surface area contributed by atoms with Crippen molar-refractivity contribution in [2.75, 3.05) is 24.3 Å². The molecule has 29 heavy (non-hydrogen) atoms. The maximum absolute atomic E-state index is 14.5. The molecule has 0 fully saturated rings. The Bertz CT molecular complexity index is 945. The van der Waals surface area contributed by atoms with E-state index < -0.39 is 13.2 Å². The van der Waals surface area contributed by atoms with Gasteiger partial charge in [0.15, 0.2) is 0 Å². The summed E-state index contributed by atoms with van der Waals surface area (Å²) >= 11 is 0. The van der Waals surface area contributed by atoms with E-state index >= 15 is 0 Å². The second-order valence-electron chi connectivity index (χ2n) is 7.36. The van der Waals surface area contributed by atoms with Crippen LogP contribution in [0, 0.1) is 0 Å². The summed E-state index contributed by atoms with van der Waals surface area (Å²) in [4.78, 5) is 6.26. The number of hydrogen-bond acceptors (Lipinski definition) is 5. The van der Waals surface area contributed by atoms with Gasteiger partial charge in [0.25, 0.3) is 7.37 Å². The molecule has 0 aliphatic rings. The molecule has 3 rings (SSSR count). The first-order chi connectivity index (χ1) is 13.9. The van der Waals surface area contributed by atoms with E-state index in [1.807, 2.05) is 99.6 Å². The Morgan fingerprint density at radius 2 is 1.66 bits per heavy atom. The van der Waals surface area contributed by atoms with Gasteiger partial charge in [0.05, 0.1) is 6.10 Å². The molecule has 152 valence electrons. The average Bonchev–Trinajstić information content (AvgIpc) is 2.73. The molecule has 6 heteroatoms. The number of aromatic nitrogens is 1. The number of pyridine rings is 1. The Kier molecular flexibility index (Phi) is 6.73. The molecule has 0 saturated carbocycles. The molecule has 1 heterocycles. The van der Waals surface area contributed by atoms with Crippen molar-refractivity contribution >= 4 is 24.0 Å². The number of nitrogens with one attached hydrogen (secondary N) is 1. The molecule has 0 saturated heterocycles. The Hall–Kier alpha value is -2.62. The first kappa shape index (κ1) is 21.1. The standard InChI is InChI=1S/C23H28N3O2P/c1-18(2)28-29(27,22-14-12-21(13-15-22)26(3)4)23(19-9-8-16-24-17-19)25-20-10-6-5-7-11-20/h5-18,23,25H,1-4H3/t23-,29+/m0/s1. The van der Waals surface area contributed by atoms with E-state index in [1.54, 1.807) is 12.4 Å². The van der Waals surface area contributed by atoms with Crippen LogP contribution in [0.5, 0.6) is 0 Å². The van der Waals surface area contributed by atoms with Gasteiger partial charge in [-0.25, -0.2) is 0 Å². The summed E-state index contributed by atoms with van der Waals surface area (Å²) in [5.41, 5.74) is 2.73. The third-order valence-corrected chi connectivity index (χ3v) is 7.37. The number of hydrogen-bond donors (Lipinski definition) is 1. The fraction of sp³-hybridized carbons (Fsp3) is 0.261. The van der Waals surface area contributed by atoms with Crippen molar-refractivity contribution in [2.45, 2.75) is 25.7 Å². The lowest BCUT2D eigenvalue weighted by atomic mass is 10.2. The second kappa shape index (κ2) is 9.25. The Labute approximate surface area is 173 Å². The van der Waals surface area contributed by atoms with Crippen molar-refractivity contribution in [1.82, 2.24) is 4.98 Å². The van der Waals surface area contributed by atoms with Gasteiger partial charge >= 0.3 is 0 Å². The number of anilines is 2. The zero-order chi connectivity index (χ0) is 20.9. The molecule has 0 bridgehead atoms. The largest absolute Gasteiger partial charge is 0.378 e. The van der Waals surface area contributed by atoms with E-state index in [0.29, 0.717) is 5.30 Å². The molecule has 0 amide bonds. The average molecular weight is 409 g/mol. The van der Waals surface area contributed by atoms with Crippen LogP contribution in [0.2, 0.25) is 0 Å². The predicted octanol–water partition coefficient (Wildman–Crippen LogP) is 5.29. The maximum Gasteiger partial charge on any atom is 0.258 e. The molecule has 1 aromatic heterocycles. The fourth-order valence-corrected chi connectivity index (χ4v) is 5.73. The van der Waals surface area contributed by atoms with Gasteiger partial charge in [-0.15, -0.1) is 0 Å². The molecule has 5 nitrogen and oxygen atoms in total. The highest BCUT2D eigenvalue weighted by Gasteiger charge is 2.39. The normalized spacial score (nSPS) is 14.2. The van der Waals surface area contributed by atoms with Gasteiger partial charge in [0.1, 0.15) is 5.78 Å². The highest BCUT2D eigenvalue weighted by atomic mass is 31.2. The minimum Gasteiger partial charge on any atom is -0.378 e. The summed E-state index contributed by atoms with van der Waals surface area (Å²) in [6.45, 7) is 3.81. The minimum absolute atomic E-state index is 0.203. The Morgan fingerprint density at radius 1 is 0.966 bits per heavy atom. The summed E-state index contributed by atoms with van der Waals surface area (Å²) in [5.74, 6) is -0.564.